The maximum Gasteiger partial charge on any atom is 0.317 e. The Balaban J connectivity index is 1.48. The quantitative estimate of drug-likeness (QED) is 0.337. The van der Waals surface area contributed by atoms with E-state index in [1.54, 1.807) is 24.3 Å². The molecule has 2 N–H and O–H groups in total. The molecule has 8 nitrogen and oxygen atoms in total. The van der Waals surface area contributed by atoms with E-state index in [9.17, 15) is 13.2 Å². The Morgan fingerprint density at radius 2 is 1.57 bits per heavy atom. The van der Waals surface area contributed by atoms with Gasteiger partial charge < -0.3 is 15.0 Å². The smallest absolute Gasteiger partial charge is 0.317 e. The Labute approximate surface area is 222 Å². The predicted molar refractivity (Wildman–Crippen MR) is 150 cm³/mol. The molecule has 0 unspecified atom stereocenters. The lowest BCUT2D eigenvalue weighted by Gasteiger charge is -2.38. The van der Waals surface area contributed by atoms with Gasteiger partial charge in [-0.3, -0.25) is 9.62 Å². The van der Waals surface area contributed by atoms with Crippen LogP contribution in [0, 0.1) is 0 Å². The van der Waals surface area contributed by atoms with Crippen LogP contribution in [0.1, 0.15) is 57.9 Å². The van der Waals surface area contributed by atoms with E-state index in [0.717, 1.165) is 83.3 Å². The zero-order chi connectivity index (χ0) is 26.7. The predicted octanol–water partition coefficient (Wildman–Crippen LogP) is 5.43. The molecule has 1 fully saturated rings. The summed E-state index contributed by atoms with van der Waals surface area (Å²) >= 11 is 0. The molecule has 1 aliphatic heterocycles. The zero-order valence-electron chi connectivity index (χ0n) is 22.4. The number of likely N-dealkylation sites (tertiary alicyclic amines) is 1. The molecule has 0 spiro atoms. The summed E-state index contributed by atoms with van der Waals surface area (Å²) in [5.41, 5.74) is 1.72. The third kappa shape index (κ3) is 9.89. The van der Waals surface area contributed by atoms with E-state index in [0.29, 0.717) is 17.5 Å². The largest absolute Gasteiger partial charge is 0.457 e. The number of nitrogens with zero attached hydrogens (tertiary/aromatic N) is 2. The number of piperidine rings is 1. The summed E-state index contributed by atoms with van der Waals surface area (Å²) < 4.78 is 31.0. The Kier molecular flexibility index (Phi) is 11.1. The van der Waals surface area contributed by atoms with Gasteiger partial charge in [0.25, 0.3) is 0 Å². The van der Waals surface area contributed by atoms with Gasteiger partial charge in [-0.05, 0) is 67.6 Å². The Hall–Kier alpha value is -2.78. The van der Waals surface area contributed by atoms with E-state index < -0.39 is 10.0 Å². The van der Waals surface area contributed by atoms with Crippen molar-refractivity contribution in [3.63, 3.8) is 0 Å². The highest BCUT2D eigenvalue weighted by atomic mass is 32.2. The minimum atomic E-state index is -3.30. The third-order valence-electron chi connectivity index (χ3n) is 6.54. The van der Waals surface area contributed by atoms with Crippen molar-refractivity contribution in [2.75, 3.05) is 37.2 Å². The van der Waals surface area contributed by atoms with Gasteiger partial charge in [0.05, 0.1) is 6.26 Å². The molecule has 204 valence electrons. The second kappa shape index (κ2) is 14.2. The van der Waals surface area contributed by atoms with Gasteiger partial charge in [0, 0.05) is 44.5 Å². The first-order valence-electron chi connectivity index (χ1n) is 13.4. The minimum Gasteiger partial charge on any atom is -0.457 e. The molecular weight excluding hydrogens is 488 g/mol. The average molecular weight is 531 g/mol. The average Bonchev–Trinajstić information content (AvgIpc) is 2.87. The lowest BCUT2D eigenvalue weighted by Crippen LogP contribution is -2.51. The van der Waals surface area contributed by atoms with Crippen molar-refractivity contribution < 1.29 is 17.9 Å². The summed E-state index contributed by atoms with van der Waals surface area (Å²) in [6.07, 6.45) is 7.34. The molecule has 0 aromatic heterocycles. The van der Waals surface area contributed by atoms with E-state index in [1.165, 1.54) is 5.56 Å². The second-order valence-corrected chi connectivity index (χ2v) is 11.5. The van der Waals surface area contributed by atoms with Gasteiger partial charge in [-0.1, -0.05) is 38.8 Å². The van der Waals surface area contributed by atoms with Gasteiger partial charge in [0.2, 0.25) is 10.0 Å². The topological polar surface area (TPSA) is 91.0 Å². The molecule has 9 heteroatoms. The number of amides is 2. The van der Waals surface area contributed by atoms with Crippen molar-refractivity contribution in [1.29, 1.82) is 0 Å². The van der Waals surface area contributed by atoms with Crippen LogP contribution in [0.2, 0.25) is 0 Å². The maximum absolute atomic E-state index is 12.8. The van der Waals surface area contributed by atoms with Crippen molar-refractivity contribution in [1.82, 2.24) is 15.1 Å². The molecule has 1 aliphatic rings. The van der Waals surface area contributed by atoms with E-state index in [1.807, 2.05) is 12.1 Å². The fraction of sp³-hybridized carbons (Fsp3) is 0.536. The number of carbonyl (C=O) groups is 1. The SMILES string of the molecule is CCCCNC(=O)N(CCCC)C1CCN(Cc2ccc(Oc3ccc(NS(C)(=O)=O)cc3)cc2)CC1. The Morgan fingerprint density at radius 1 is 0.973 bits per heavy atom. The van der Waals surface area contributed by atoms with E-state index in [2.05, 4.69) is 45.8 Å². The molecule has 1 heterocycles. The molecule has 1 saturated heterocycles. The summed E-state index contributed by atoms with van der Waals surface area (Å²) in [7, 11) is -3.30. The molecule has 0 radical (unpaired) electrons. The van der Waals surface area contributed by atoms with Crippen LogP contribution >= 0.6 is 0 Å². The second-order valence-electron chi connectivity index (χ2n) is 9.78. The molecule has 0 aliphatic carbocycles. The van der Waals surface area contributed by atoms with Gasteiger partial charge in [-0.2, -0.15) is 0 Å². The number of unbranched alkanes of at least 4 members (excludes halogenated alkanes) is 2. The van der Waals surface area contributed by atoms with Gasteiger partial charge in [0.1, 0.15) is 11.5 Å². The van der Waals surface area contributed by atoms with Gasteiger partial charge in [-0.25, -0.2) is 13.2 Å². The van der Waals surface area contributed by atoms with Crippen molar-refractivity contribution in [3.8, 4) is 11.5 Å². The number of anilines is 1. The van der Waals surface area contributed by atoms with Crippen molar-refractivity contribution >= 4 is 21.7 Å². The molecule has 0 bridgehead atoms. The summed E-state index contributed by atoms with van der Waals surface area (Å²) in [4.78, 5) is 17.3. The van der Waals surface area contributed by atoms with Crippen LogP contribution in [-0.4, -0.2) is 62.7 Å². The number of sulfonamides is 1. The van der Waals surface area contributed by atoms with Crippen molar-refractivity contribution in [3.05, 3.63) is 54.1 Å². The number of hydrogen-bond acceptors (Lipinski definition) is 5. The fourth-order valence-electron chi connectivity index (χ4n) is 4.50. The molecular formula is C28H42N4O4S. The molecule has 37 heavy (non-hydrogen) atoms. The molecule has 2 amide bonds. The van der Waals surface area contributed by atoms with Gasteiger partial charge in [0.15, 0.2) is 0 Å². The zero-order valence-corrected chi connectivity index (χ0v) is 23.2. The minimum absolute atomic E-state index is 0.0947. The standard InChI is InChI=1S/C28H42N4O4S/c1-4-6-18-29-28(33)32(19-7-5-2)25-16-20-31(21-17-25)22-23-8-12-26(13-9-23)36-27-14-10-24(11-15-27)30-37(3,34)35/h8-15,25,30H,4-7,16-22H2,1-3H3,(H,29,33). The highest BCUT2D eigenvalue weighted by Gasteiger charge is 2.27. The molecule has 0 atom stereocenters. The third-order valence-corrected chi connectivity index (χ3v) is 7.15. The summed E-state index contributed by atoms with van der Waals surface area (Å²) in [6, 6.07) is 15.3. The van der Waals surface area contributed by atoms with Gasteiger partial charge in [-0.15, -0.1) is 0 Å². The number of urea groups is 1. The van der Waals surface area contributed by atoms with Crippen molar-refractivity contribution in [2.45, 2.75) is 65.0 Å². The van der Waals surface area contributed by atoms with Crippen LogP contribution in [0.4, 0.5) is 10.5 Å². The number of carbonyl (C=O) groups excluding carboxylic acids is 1. The summed E-state index contributed by atoms with van der Waals surface area (Å²) in [5.74, 6) is 1.37. The number of rotatable bonds is 13. The first kappa shape index (κ1) is 28.8. The lowest BCUT2D eigenvalue weighted by atomic mass is 10.0. The normalized spacial score (nSPS) is 14.8. The Bertz CT molecular complexity index is 1070. The van der Waals surface area contributed by atoms with E-state index in [-0.39, 0.29) is 6.03 Å². The van der Waals surface area contributed by atoms with Crippen LogP contribution in [0.25, 0.3) is 0 Å². The Morgan fingerprint density at radius 3 is 2.14 bits per heavy atom. The summed E-state index contributed by atoms with van der Waals surface area (Å²) in [6.45, 7) is 8.71. The van der Waals surface area contributed by atoms with E-state index in [4.69, 9.17) is 4.74 Å². The highest BCUT2D eigenvalue weighted by Crippen LogP contribution is 2.25. The maximum atomic E-state index is 12.8. The lowest BCUT2D eigenvalue weighted by molar-refractivity contribution is 0.116. The molecule has 3 rings (SSSR count). The number of nitrogens with one attached hydrogen (secondary N) is 2. The molecule has 2 aromatic rings. The first-order valence-corrected chi connectivity index (χ1v) is 15.3. The summed E-state index contributed by atoms with van der Waals surface area (Å²) in [5, 5.41) is 3.11. The molecule has 2 aromatic carbocycles. The van der Waals surface area contributed by atoms with Crippen LogP contribution in [0.5, 0.6) is 11.5 Å². The van der Waals surface area contributed by atoms with Crippen LogP contribution in [0.3, 0.4) is 0 Å². The van der Waals surface area contributed by atoms with Crippen LogP contribution < -0.4 is 14.8 Å². The number of hydrogen-bond donors (Lipinski definition) is 2. The van der Waals surface area contributed by atoms with Crippen LogP contribution in [-0.2, 0) is 16.6 Å². The first-order chi connectivity index (χ1) is 17.8. The fourth-order valence-corrected chi connectivity index (χ4v) is 5.07. The van der Waals surface area contributed by atoms with E-state index >= 15 is 0 Å². The number of ether oxygens (including phenoxy) is 1. The monoisotopic (exact) mass is 530 g/mol. The van der Waals surface area contributed by atoms with Crippen LogP contribution in [0.15, 0.2) is 48.5 Å². The van der Waals surface area contributed by atoms with Crippen molar-refractivity contribution in [2.24, 2.45) is 0 Å². The number of benzene rings is 2. The highest BCUT2D eigenvalue weighted by molar-refractivity contribution is 7.92. The molecule has 0 saturated carbocycles. The van der Waals surface area contributed by atoms with Gasteiger partial charge >= 0.3 is 6.03 Å².